The van der Waals surface area contributed by atoms with Crippen molar-refractivity contribution in [2.75, 3.05) is 0 Å². The van der Waals surface area contributed by atoms with Crippen LogP contribution in [0.1, 0.15) is 42.5 Å². The van der Waals surface area contributed by atoms with Crippen molar-refractivity contribution >= 4 is 5.91 Å². The number of nitrogens with one attached hydrogen (secondary N) is 1. The summed E-state index contributed by atoms with van der Waals surface area (Å²) in [6.07, 6.45) is 2.68. The molecule has 0 saturated heterocycles. The first-order chi connectivity index (χ1) is 11.1. The van der Waals surface area contributed by atoms with Crippen molar-refractivity contribution in [2.45, 2.75) is 45.3 Å². The van der Waals surface area contributed by atoms with Crippen LogP contribution in [0.3, 0.4) is 0 Å². The zero-order valence-corrected chi connectivity index (χ0v) is 13.7. The van der Waals surface area contributed by atoms with Crippen LogP contribution < -0.4 is 10.1 Å². The molecule has 120 valence electrons. The number of ether oxygens (including phenoxy) is 1. The number of benzene rings is 2. The first kappa shape index (κ1) is 15.6. The standard InChI is InChI=1S/C20H23NO2/c1-14-7-5-10-17(13-14)23-15(2)20(22)21-19-12-6-9-16-8-3-4-11-18(16)19/h3-5,7-8,10-11,13,15,19H,6,9,12H2,1-2H3,(H,21,22)/t15-,19+/m0/s1. The zero-order valence-electron chi connectivity index (χ0n) is 13.7. The average molecular weight is 309 g/mol. The van der Waals surface area contributed by atoms with Crippen molar-refractivity contribution in [2.24, 2.45) is 0 Å². The van der Waals surface area contributed by atoms with Crippen molar-refractivity contribution in [1.29, 1.82) is 0 Å². The Balaban J connectivity index is 1.65. The minimum absolute atomic E-state index is 0.0618. The fourth-order valence-corrected chi connectivity index (χ4v) is 3.14. The molecule has 2 aromatic carbocycles. The average Bonchev–Trinajstić information content (AvgIpc) is 2.55. The van der Waals surface area contributed by atoms with E-state index in [2.05, 4.69) is 23.5 Å². The molecule has 0 aromatic heterocycles. The van der Waals surface area contributed by atoms with Gasteiger partial charge in [0.25, 0.3) is 5.91 Å². The third-order valence-corrected chi connectivity index (χ3v) is 4.36. The minimum Gasteiger partial charge on any atom is -0.481 e. The summed E-state index contributed by atoms with van der Waals surface area (Å²) >= 11 is 0. The molecule has 2 atom stereocenters. The molecule has 0 aliphatic heterocycles. The van der Waals surface area contributed by atoms with Crippen molar-refractivity contribution in [3.05, 3.63) is 65.2 Å². The Labute approximate surface area is 137 Å². The molecule has 0 spiro atoms. The van der Waals surface area contributed by atoms with E-state index in [4.69, 9.17) is 4.74 Å². The van der Waals surface area contributed by atoms with Crippen molar-refractivity contribution in [3.63, 3.8) is 0 Å². The number of hydrogen-bond donors (Lipinski definition) is 1. The fourth-order valence-electron chi connectivity index (χ4n) is 3.14. The Kier molecular flexibility index (Phi) is 4.65. The van der Waals surface area contributed by atoms with Gasteiger partial charge in [0, 0.05) is 0 Å². The highest BCUT2D eigenvalue weighted by Crippen LogP contribution is 2.29. The van der Waals surface area contributed by atoms with E-state index in [-0.39, 0.29) is 11.9 Å². The molecular formula is C20H23NO2. The van der Waals surface area contributed by atoms with Gasteiger partial charge in [-0.25, -0.2) is 0 Å². The van der Waals surface area contributed by atoms with Gasteiger partial charge in [-0.3, -0.25) is 4.79 Å². The highest BCUT2D eigenvalue weighted by Gasteiger charge is 2.24. The zero-order chi connectivity index (χ0) is 16.2. The molecule has 0 fully saturated rings. The summed E-state index contributed by atoms with van der Waals surface area (Å²) in [7, 11) is 0. The molecule has 1 aliphatic carbocycles. The number of hydrogen-bond acceptors (Lipinski definition) is 2. The van der Waals surface area contributed by atoms with Gasteiger partial charge < -0.3 is 10.1 Å². The Morgan fingerprint density at radius 2 is 2.04 bits per heavy atom. The number of fused-ring (bicyclic) bond motifs is 1. The number of carbonyl (C=O) groups excluding carboxylic acids is 1. The summed E-state index contributed by atoms with van der Waals surface area (Å²) in [6.45, 7) is 3.81. The van der Waals surface area contributed by atoms with Gasteiger partial charge in [0.2, 0.25) is 0 Å². The summed E-state index contributed by atoms with van der Waals surface area (Å²) in [5, 5.41) is 3.15. The highest BCUT2D eigenvalue weighted by atomic mass is 16.5. The second-order valence-electron chi connectivity index (χ2n) is 6.23. The van der Waals surface area contributed by atoms with Crippen molar-refractivity contribution in [3.8, 4) is 5.75 Å². The van der Waals surface area contributed by atoms with E-state index in [0.717, 1.165) is 30.6 Å². The molecular weight excluding hydrogens is 286 g/mol. The van der Waals surface area contributed by atoms with Crippen LogP contribution in [0, 0.1) is 6.92 Å². The second kappa shape index (κ2) is 6.86. The predicted molar refractivity (Wildman–Crippen MR) is 91.5 cm³/mol. The molecule has 3 rings (SSSR count). The third kappa shape index (κ3) is 3.73. The monoisotopic (exact) mass is 309 g/mol. The van der Waals surface area contributed by atoms with E-state index in [1.54, 1.807) is 6.92 Å². The van der Waals surface area contributed by atoms with Gasteiger partial charge in [0.1, 0.15) is 5.75 Å². The molecule has 0 bridgehead atoms. The molecule has 2 aromatic rings. The van der Waals surface area contributed by atoms with E-state index in [1.165, 1.54) is 11.1 Å². The smallest absolute Gasteiger partial charge is 0.261 e. The second-order valence-corrected chi connectivity index (χ2v) is 6.23. The molecule has 1 N–H and O–H groups in total. The lowest BCUT2D eigenvalue weighted by Gasteiger charge is -2.27. The summed E-state index contributed by atoms with van der Waals surface area (Å²) in [4.78, 5) is 12.5. The van der Waals surface area contributed by atoms with E-state index < -0.39 is 6.10 Å². The number of rotatable bonds is 4. The maximum absolute atomic E-state index is 12.5. The first-order valence-electron chi connectivity index (χ1n) is 8.25. The van der Waals surface area contributed by atoms with Gasteiger partial charge in [-0.2, -0.15) is 0 Å². The lowest BCUT2D eigenvalue weighted by molar-refractivity contribution is -0.128. The van der Waals surface area contributed by atoms with Gasteiger partial charge in [-0.1, -0.05) is 36.4 Å². The number of aryl methyl sites for hydroxylation is 2. The Hall–Kier alpha value is -2.29. The predicted octanol–water partition coefficient (Wildman–Crippen LogP) is 3.96. The molecule has 1 amide bonds. The van der Waals surface area contributed by atoms with Crippen LogP contribution in [0.5, 0.6) is 5.75 Å². The summed E-state index contributed by atoms with van der Waals surface area (Å²) < 4.78 is 5.77. The SMILES string of the molecule is Cc1cccc(O[C@@H](C)C(=O)N[C@@H]2CCCc3ccccc32)c1. The molecule has 3 heteroatoms. The van der Waals surface area contributed by atoms with E-state index in [0.29, 0.717) is 0 Å². The Bertz CT molecular complexity index is 696. The third-order valence-electron chi connectivity index (χ3n) is 4.36. The Morgan fingerprint density at radius 1 is 1.22 bits per heavy atom. The van der Waals surface area contributed by atoms with E-state index in [9.17, 15) is 4.79 Å². The van der Waals surface area contributed by atoms with Crippen LogP contribution in [0.25, 0.3) is 0 Å². The number of amides is 1. The van der Waals surface area contributed by atoms with Crippen LogP contribution in [0.2, 0.25) is 0 Å². The van der Waals surface area contributed by atoms with Crippen LogP contribution in [0.4, 0.5) is 0 Å². The first-order valence-corrected chi connectivity index (χ1v) is 8.25. The molecule has 0 heterocycles. The van der Waals surface area contributed by atoms with Crippen LogP contribution >= 0.6 is 0 Å². The Morgan fingerprint density at radius 3 is 2.87 bits per heavy atom. The maximum atomic E-state index is 12.5. The normalized spacial score (nSPS) is 17.9. The van der Waals surface area contributed by atoms with Gasteiger partial charge >= 0.3 is 0 Å². The molecule has 23 heavy (non-hydrogen) atoms. The van der Waals surface area contributed by atoms with Crippen LogP contribution in [0.15, 0.2) is 48.5 Å². The highest BCUT2D eigenvalue weighted by molar-refractivity contribution is 5.81. The summed E-state index contributed by atoms with van der Waals surface area (Å²) in [5.41, 5.74) is 3.71. The van der Waals surface area contributed by atoms with Gasteiger partial charge in [-0.15, -0.1) is 0 Å². The quantitative estimate of drug-likeness (QED) is 0.928. The lowest BCUT2D eigenvalue weighted by Crippen LogP contribution is -2.39. The lowest BCUT2D eigenvalue weighted by atomic mass is 9.87. The molecule has 3 nitrogen and oxygen atoms in total. The van der Waals surface area contributed by atoms with Gasteiger partial charge in [-0.05, 0) is 61.9 Å². The largest absolute Gasteiger partial charge is 0.481 e. The molecule has 1 aliphatic rings. The van der Waals surface area contributed by atoms with Crippen LogP contribution in [-0.4, -0.2) is 12.0 Å². The number of carbonyl (C=O) groups is 1. The maximum Gasteiger partial charge on any atom is 0.261 e. The summed E-state index contributed by atoms with van der Waals surface area (Å²) in [5.74, 6) is 0.671. The van der Waals surface area contributed by atoms with Crippen molar-refractivity contribution < 1.29 is 9.53 Å². The molecule has 0 saturated carbocycles. The van der Waals surface area contributed by atoms with E-state index in [1.807, 2.05) is 37.3 Å². The van der Waals surface area contributed by atoms with Crippen LogP contribution in [-0.2, 0) is 11.2 Å². The van der Waals surface area contributed by atoms with Gasteiger partial charge in [0.05, 0.1) is 6.04 Å². The summed E-state index contributed by atoms with van der Waals surface area (Å²) in [6, 6.07) is 16.2. The van der Waals surface area contributed by atoms with E-state index >= 15 is 0 Å². The van der Waals surface area contributed by atoms with Gasteiger partial charge in [0.15, 0.2) is 6.10 Å². The fraction of sp³-hybridized carbons (Fsp3) is 0.350. The molecule has 0 unspecified atom stereocenters. The minimum atomic E-state index is -0.508. The molecule has 0 radical (unpaired) electrons. The topological polar surface area (TPSA) is 38.3 Å². The van der Waals surface area contributed by atoms with Crippen molar-refractivity contribution in [1.82, 2.24) is 5.32 Å².